The second-order valence-electron chi connectivity index (χ2n) is 7.91. The zero-order chi connectivity index (χ0) is 17.2. The van der Waals surface area contributed by atoms with Crippen molar-refractivity contribution in [3.63, 3.8) is 0 Å². The first-order chi connectivity index (χ1) is 12.2. The van der Waals surface area contributed by atoms with Crippen LogP contribution in [-0.4, -0.2) is 24.4 Å². The van der Waals surface area contributed by atoms with Gasteiger partial charge in [0.25, 0.3) is 0 Å². The molecule has 1 aliphatic heterocycles. The minimum atomic E-state index is 0.0849. The fourth-order valence-corrected chi connectivity index (χ4v) is 4.78. The maximum absolute atomic E-state index is 12.9. The van der Waals surface area contributed by atoms with Crippen molar-refractivity contribution >= 4 is 17.5 Å². The zero-order valence-electron chi connectivity index (χ0n) is 14.9. The van der Waals surface area contributed by atoms with Gasteiger partial charge in [0, 0.05) is 30.1 Å². The lowest BCUT2D eigenvalue weighted by molar-refractivity contribution is -0.129. The van der Waals surface area contributed by atoms with Crippen LogP contribution < -0.4 is 10.2 Å². The van der Waals surface area contributed by atoms with Crippen LogP contribution in [0.1, 0.15) is 56.9 Å². The standard InChI is InChI=1S/C21H28N2O2/c24-20(22-18-6-2-3-7-18)16-9-11-17(12-10-16)21(25)23-14-13-15-5-1-4-8-19(15)23/h1,4-5,8,16-18H,2-3,6-7,9-14H2,(H,22,24). The fourth-order valence-electron chi connectivity index (χ4n) is 4.78. The molecular formula is C21H28N2O2. The zero-order valence-corrected chi connectivity index (χ0v) is 14.9. The number of benzene rings is 1. The number of rotatable bonds is 3. The maximum atomic E-state index is 12.9. The van der Waals surface area contributed by atoms with Gasteiger partial charge in [-0.15, -0.1) is 0 Å². The summed E-state index contributed by atoms with van der Waals surface area (Å²) >= 11 is 0. The van der Waals surface area contributed by atoms with Gasteiger partial charge < -0.3 is 10.2 Å². The minimum absolute atomic E-state index is 0.0849. The topological polar surface area (TPSA) is 49.4 Å². The number of nitrogens with one attached hydrogen (secondary N) is 1. The number of amides is 2. The van der Waals surface area contributed by atoms with Crippen LogP contribution in [0.3, 0.4) is 0 Å². The normalized spacial score (nSPS) is 26.5. The third-order valence-corrected chi connectivity index (χ3v) is 6.30. The largest absolute Gasteiger partial charge is 0.353 e. The Balaban J connectivity index is 1.31. The van der Waals surface area contributed by atoms with Crippen LogP contribution in [0.25, 0.3) is 0 Å². The van der Waals surface area contributed by atoms with E-state index >= 15 is 0 Å². The average Bonchev–Trinajstić information content (AvgIpc) is 3.31. The molecule has 1 N–H and O–H groups in total. The summed E-state index contributed by atoms with van der Waals surface area (Å²) in [5.74, 6) is 0.682. The summed E-state index contributed by atoms with van der Waals surface area (Å²) in [6.45, 7) is 0.806. The van der Waals surface area contributed by atoms with Gasteiger partial charge in [-0.25, -0.2) is 0 Å². The van der Waals surface area contributed by atoms with E-state index in [1.807, 2.05) is 17.0 Å². The van der Waals surface area contributed by atoms with Gasteiger partial charge in [0.1, 0.15) is 0 Å². The van der Waals surface area contributed by atoms with E-state index in [2.05, 4.69) is 17.4 Å². The molecule has 0 aromatic heterocycles. The van der Waals surface area contributed by atoms with Crippen molar-refractivity contribution < 1.29 is 9.59 Å². The Morgan fingerprint density at radius 1 is 0.920 bits per heavy atom. The van der Waals surface area contributed by atoms with Gasteiger partial charge in [-0.3, -0.25) is 9.59 Å². The highest BCUT2D eigenvalue weighted by Gasteiger charge is 2.35. The Hall–Kier alpha value is -1.84. The maximum Gasteiger partial charge on any atom is 0.230 e. The molecule has 2 amide bonds. The van der Waals surface area contributed by atoms with Crippen LogP contribution in [-0.2, 0) is 16.0 Å². The Bertz CT molecular complexity index is 643. The highest BCUT2D eigenvalue weighted by atomic mass is 16.2. The second-order valence-corrected chi connectivity index (χ2v) is 7.91. The number of fused-ring (bicyclic) bond motifs is 1. The molecule has 2 saturated carbocycles. The molecule has 0 unspecified atom stereocenters. The van der Waals surface area contributed by atoms with E-state index in [-0.39, 0.29) is 23.7 Å². The monoisotopic (exact) mass is 340 g/mol. The second kappa shape index (κ2) is 7.19. The van der Waals surface area contributed by atoms with Crippen molar-refractivity contribution in [1.29, 1.82) is 0 Å². The lowest BCUT2D eigenvalue weighted by Crippen LogP contribution is -2.41. The summed E-state index contributed by atoms with van der Waals surface area (Å²) in [4.78, 5) is 27.4. The predicted molar refractivity (Wildman–Crippen MR) is 98.3 cm³/mol. The summed E-state index contributed by atoms with van der Waals surface area (Å²) in [7, 11) is 0. The third-order valence-electron chi connectivity index (χ3n) is 6.30. The van der Waals surface area contributed by atoms with Crippen molar-refractivity contribution in [3.8, 4) is 0 Å². The van der Waals surface area contributed by atoms with Gasteiger partial charge in [-0.05, 0) is 56.6 Å². The minimum Gasteiger partial charge on any atom is -0.353 e. The average molecular weight is 340 g/mol. The van der Waals surface area contributed by atoms with E-state index in [9.17, 15) is 9.59 Å². The van der Waals surface area contributed by atoms with Crippen molar-refractivity contribution in [3.05, 3.63) is 29.8 Å². The highest BCUT2D eigenvalue weighted by Crippen LogP contribution is 2.34. The first-order valence-corrected chi connectivity index (χ1v) is 9.92. The molecular weight excluding hydrogens is 312 g/mol. The summed E-state index contributed by atoms with van der Waals surface area (Å²) in [5, 5.41) is 3.23. The van der Waals surface area contributed by atoms with Gasteiger partial charge in [0.05, 0.1) is 0 Å². The van der Waals surface area contributed by atoms with Crippen LogP contribution in [0.2, 0.25) is 0 Å². The lowest BCUT2D eigenvalue weighted by atomic mass is 9.80. The van der Waals surface area contributed by atoms with Crippen molar-refractivity contribution in [2.45, 2.75) is 63.8 Å². The number of para-hydroxylation sites is 1. The third kappa shape index (κ3) is 3.44. The number of hydrogen-bond donors (Lipinski definition) is 1. The van der Waals surface area contributed by atoms with E-state index < -0.39 is 0 Å². The van der Waals surface area contributed by atoms with Gasteiger partial charge in [-0.1, -0.05) is 31.0 Å². The van der Waals surface area contributed by atoms with Crippen LogP contribution >= 0.6 is 0 Å². The molecule has 0 radical (unpaired) electrons. The summed E-state index contributed by atoms with van der Waals surface area (Å²) in [6.07, 6.45) is 9.10. The van der Waals surface area contributed by atoms with Crippen LogP contribution in [0.4, 0.5) is 5.69 Å². The molecule has 1 heterocycles. The van der Waals surface area contributed by atoms with Gasteiger partial charge in [0.15, 0.2) is 0 Å². The van der Waals surface area contributed by atoms with E-state index in [1.165, 1.54) is 18.4 Å². The lowest BCUT2D eigenvalue weighted by Gasteiger charge is -2.30. The molecule has 2 aliphatic carbocycles. The molecule has 2 fully saturated rings. The van der Waals surface area contributed by atoms with Gasteiger partial charge in [0.2, 0.25) is 11.8 Å². The predicted octanol–water partition coefficient (Wildman–Crippen LogP) is 3.44. The number of carbonyl (C=O) groups is 2. The van der Waals surface area contributed by atoms with Crippen molar-refractivity contribution in [2.24, 2.45) is 11.8 Å². The van der Waals surface area contributed by atoms with Crippen LogP contribution in [0.5, 0.6) is 0 Å². The Morgan fingerprint density at radius 2 is 1.60 bits per heavy atom. The van der Waals surface area contributed by atoms with Crippen LogP contribution in [0, 0.1) is 11.8 Å². The molecule has 25 heavy (non-hydrogen) atoms. The molecule has 134 valence electrons. The molecule has 0 spiro atoms. The molecule has 4 rings (SSSR count). The Kier molecular flexibility index (Phi) is 4.78. The number of carbonyl (C=O) groups excluding carboxylic acids is 2. The van der Waals surface area contributed by atoms with Crippen molar-refractivity contribution in [1.82, 2.24) is 5.32 Å². The summed E-state index contributed by atoms with van der Waals surface area (Å²) in [5.41, 5.74) is 2.37. The first kappa shape index (κ1) is 16.6. The SMILES string of the molecule is O=C(NC1CCCC1)C1CCC(C(=O)N2CCc3ccccc32)CC1. The number of nitrogens with zero attached hydrogens (tertiary/aromatic N) is 1. The number of anilines is 1. The number of hydrogen-bond acceptors (Lipinski definition) is 2. The Labute approximate surface area is 150 Å². The summed E-state index contributed by atoms with van der Waals surface area (Å²) < 4.78 is 0. The first-order valence-electron chi connectivity index (χ1n) is 9.92. The highest BCUT2D eigenvalue weighted by molar-refractivity contribution is 5.97. The van der Waals surface area contributed by atoms with E-state index in [0.29, 0.717) is 6.04 Å². The van der Waals surface area contributed by atoms with Gasteiger partial charge >= 0.3 is 0 Å². The molecule has 0 bridgehead atoms. The fraction of sp³-hybridized carbons (Fsp3) is 0.619. The van der Waals surface area contributed by atoms with Gasteiger partial charge in [-0.2, -0.15) is 0 Å². The molecule has 1 aromatic rings. The van der Waals surface area contributed by atoms with E-state index in [4.69, 9.17) is 0 Å². The van der Waals surface area contributed by atoms with E-state index in [1.54, 1.807) is 0 Å². The van der Waals surface area contributed by atoms with Crippen molar-refractivity contribution in [2.75, 3.05) is 11.4 Å². The van der Waals surface area contributed by atoms with Crippen LogP contribution in [0.15, 0.2) is 24.3 Å². The quantitative estimate of drug-likeness (QED) is 0.916. The molecule has 4 heteroatoms. The molecule has 1 aromatic carbocycles. The molecule has 0 atom stereocenters. The smallest absolute Gasteiger partial charge is 0.230 e. The van der Waals surface area contributed by atoms with E-state index in [0.717, 1.165) is 57.2 Å². The summed E-state index contributed by atoms with van der Waals surface area (Å²) in [6, 6.07) is 8.62. The molecule has 4 nitrogen and oxygen atoms in total. The molecule has 3 aliphatic rings. The molecule has 0 saturated heterocycles. The Morgan fingerprint density at radius 3 is 2.36 bits per heavy atom.